The number of sulfone groups is 1. The summed E-state index contributed by atoms with van der Waals surface area (Å²) in [6.45, 7) is 6.05. The number of fused-ring (bicyclic) bond motifs is 1. The molecular formula is C18H22N4O6S. The van der Waals surface area contributed by atoms with Crippen molar-refractivity contribution in [3.05, 3.63) is 34.5 Å². The summed E-state index contributed by atoms with van der Waals surface area (Å²) in [6, 6.07) is 3.87. The monoisotopic (exact) mass is 422 g/mol. The Bertz CT molecular complexity index is 1060. The Labute approximate surface area is 168 Å². The predicted molar refractivity (Wildman–Crippen MR) is 104 cm³/mol. The number of rotatable bonds is 4. The number of aromatic nitrogens is 2. The van der Waals surface area contributed by atoms with Gasteiger partial charge in [0.2, 0.25) is 0 Å². The molecule has 1 atom stereocenters. The average Bonchev–Trinajstić information content (AvgIpc) is 3.07. The van der Waals surface area contributed by atoms with Crippen LogP contribution in [0, 0.1) is 16.0 Å². The number of carbonyl (C=O) groups is 1. The first-order chi connectivity index (χ1) is 13.4. The molecule has 1 aromatic carbocycles. The molecule has 3 rings (SSSR count). The largest absolute Gasteiger partial charge is 0.444 e. The Morgan fingerprint density at radius 2 is 2.07 bits per heavy atom. The maximum atomic E-state index is 12.8. The van der Waals surface area contributed by atoms with Crippen molar-refractivity contribution in [2.45, 2.75) is 37.8 Å². The van der Waals surface area contributed by atoms with E-state index in [-0.39, 0.29) is 33.4 Å². The van der Waals surface area contributed by atoms with Gasteiger partial charge in [0, 0.05) is 25.2 Å². The molecule has 11 heteroatoms. The maximum absolute atomic E-state index is 12.8. The third kappa shape index (κ3) is 4.97. The van der Waals surface area contributed by atoms with Gasteiger partial charge >= 0.3 is 6.09 Å². The van der Waals surface area contributed by atoms with Crippen LogP contribution < -0.4 is 0 Å². The smallest absolute Gasteiger partial charge is 0.410 e. The summed E-state index contributed by atoms with van der Waals surface area (Å²) in [5.74, 6) is -0.402. The van der Waals surface area contributed by atoms with Gasteiger partial charge in [-0.15, -0.1) is 0 Å². The number of nitro groups is 1. The molecule has 1 amide bonds. The maximum Gasteiger partial charge on any atom is 0.410 e. The molecule has 1 aromatic heterocycles. The molecule has 1 saturated heterocycles. The van der Waals surface area contributed by atoms with Crippen molar-refractivity contribution in [3.63, 3.8) is 0 Å². The number of carbonyl (C=O) groups excluding carboxylic acids is 1. The van der Waals surface area contributed by atoms with Crippen molar-refractivity contribution in [2.24, 2.45) is 5.92 Å². The minimum absolute atomic E-state index is 0.143. The number of hydrogen-bond donors (Lipinski definition) is 0. The number of nitro benzene ring substituents is 1. The summed E-state index contributed by atoms with van der Waals surface area (Å²) < 4.78 is 30.9. The van der Waals surface area contributed by atoms with Crippen LogP contribution in [0.2, 0.25) is 0 Å². The lowest BCUT2D eigenvalue weighted by atomic mass is 10.2. The lowest BCUT2D eigenvalue weighted by molar-refractivity contribution is -0.384. The van der Waals surface area contributed by atoms with Crippen LogP contribution in [0.5, 0.6) is 0 Å². The van der Waals surface area contributed by atoms with Gasteiger partial charge in [-0.25, -0.2) is 18.2 Å². The Morgan fingerprint density at radius 3 is 2.72 bits per heavy atom. The molecular weight excluding hydrogens is 400 g/mol. The molecule has 0 aliphatic carbocycles. The Balaban J connectivity index is 1.72. The molecule has 0 bridgehead atoms. The zero-order valence-corrected chi connectivity index (χ0v) is 17.2. The summed E-state index contributed by atoms with van der Waals surface area (Å²) in [4.78, 5) is 32.1. The van der Waals surface area contributed by atoms with E-state index < -0.39 is 26.5 Å². The van der Waals surface area contributed by atoms with E-state index in [0.29, 0.717) is 19.5 Å². The van der Waals surface area contributed by atoms with E-state index in [2.05, 4.69) is 9.97 Å². The van der Waals surface area contributed by atoms with Gasteiger partial charge < -0.3 is 9.64 Å². The molecule has 156 valence electrons. The van der Waals surface area contributed by atoms with Crippen molar-refractivity contribution < 1.29 is 22.9 Å². The average molecular weight is 422 g/mol. The standard InChI is InChI=1S/C18H22N4O6S/c1-18(2,3)28-17(23)21-7-6-12(10-21)11-29(26,27)16-9-19-15-8-13(22(24)25)4-5-14(15)20-16/h4-5,8-9,12H,6-7,10-11H2,1-3H3/t12-/m0/s1. The third-order valence-corrected chi connectivity index (χ3v) is 6.17. The SMILES string of the molecule is CC(C)(C)OC(=O)N1CC[C@H](CS(=O)(=O)c2cnc3cc([N+](=O)[O-])ccc3n2)C1. The molecule has 10 nitrogen and oxygen atoms in total. The lowest BCUT2D eigenvalue weighted by Crippen LogP contribution is -2.35. The first-order valence-electron chi connectivity index (χ1n) is 9.06. The molecule has 2 aromatic rings. The van der Waals surface area contributed by atoms with Crippen molar-refractivity contribution in [1.29, 1.82) is 0 Å². The van der Waals surface area contributed by atoms with Crippen LogP contribution in [0.15, 0.2) is 29.4 Å². The van der Waals surface area contributed by atoms with Gasteiger partial charge in [-0.1, -0.05) is 0 Å². The highest BCUT2D eigenvalue weighted by Crippen LogP contribution is 2.24. The van der Waals surface area contributed by atoms with Gasteiger partial charge in [0.15, 0.2) is 14.9 Å². The lowest BCUT2D eigenvalue weighted by Gasteiger charge is -2.24. The summed E-state index contributed by atoms with van der Waals surface area (Å²) in [6.07, 6.45) is 1.21. The van der Waals surface area contributed by atoms with Crippen molar-refractivity contribution >= 4 is 32.7 Å². The second-order valence-electron chi connectivity index (χ2n) is 8.00. The Kier molecular flexibility index (Phi) is 5.44. The van der Waals surface area contributed by atoms with E-state index in [1.54, 1.807) is 20.8 Å². The summed E-state index contributed by atoms with van der Waals surface area (Å²) in [5.41, 5.74) is -0.249. The van der Waals surface area contributed by atoms with Crippen molar-refractivity contribution in [1.82, 2.24) is 14.9 Å². The number of likely N-dealkylation sites (tertiary alicyclic amines) is 1. The Morgan fingerprint density at radius 1 is 1.34 bits per heavy atom. The van der Waals surface area contributed by atoms with E-state index in [0.717, 1.165) is 6.20 Å². The number of hydrogen-bond acceptors (Lipinski definition) is 8. The van der Waals surface area contributed by atoms with Crippen LogP contribution in [-0.2, 0) is 14.6 Å². The number of ether oxygens (including phenoxy) is 1. The van der Waals surface area contributed by atoms with Gasteiger partial charge in [0.25, 0.3) is 5.69 Å². The van der Waals surface area contributed by atoms with Crippen molar-refractivity contribution in [3.8, 4) is 0 Å². The molecule has 0 saturated carbocycles. The van der Waals surface area contributed by atoms with E-state index in [1.165, 1.54) is 23.1 Å². The number of amides is 1. The van der Waals surface area contributed by atoms with Gasteiger partial charge in [0.05, 0.1) is 27.9 Å². The normalized spacial score (nSPS) is 17.5. The van der Waals surface area contributed by atoms with Crippen LogP contribution >= 0.6 is 0 Å². The van der Waals surface area contributed by atoms with Gasteiger partial charge in [-0.05, 0) is 39.2 Å². The van der Waals surface area contributed by atoms with E-state index in [9.17, 15) is 23.3 Å². The molecule has 0 spiro atoms. The zero-order valence-electron chi connectivity index (χ0n) is 16.4. The van der Waals surface area contributed by atoms with E-state index in [4.69, 9.17) is 4.74 Å². The van der Waals surface area contributed by atoms with Gasteiger partial charge in [-0.2, -0.15) is 0 Å². The van der Waals surface area contributed by atoms with Gasteiger partial charge in [0.1, 0.15) is 5.60 Å². The second kappa shape index (κ2) is 7.54. The summed E-state index contributed by atoms with van der Waals surface area (Å²) >= 11 is 0. The quantitative estimate of drug-likeness (QED) is 0.542. The minimum atomic E-state index is -3.73. The van der Waals surface area contributed by atoms with E-state index >= 15 is 0 Å². The molecule has 2 heterocycles. The molecule has 1 aliphatic rings. The molecule has 1 fully saturated rings. The highest BCUT2D eigenvalue weighted by Gasteiger charge is 2.33. The Hall–Kier alpha value is -2.82. The number of non-ortho nitro benzene ring substituents is 1. The fraction of sp³-hybridized carbons (Fsp3) is 0.500. The van der Waals surface area contributed by atoms with Crippen LogP contribution in [-0.4, -0.2) is 58.7 Å². The first-order valence-corrected chi connectivity index (χ1v) is 10.7. The first kappa shape index (κ1) is 20.9. The minimum Gasteiger partial charge on any atom is -0.444 e. The zero-order chi connectivity index (χ0) is 21.4. The highest BCUT2D eigenvalue weighted by atomic mass is 32.2. The van der Waals surface area contributed by atoms with E-state index in [1.807, 2.05) is 0 Å². The third-order valence-electron chi connectivity index (χ3n) is 4.43. The molecule has 0 N–H and O–H groups in total. The second-order valence-corrected chi connectivity index (χ2v) is 9.98. The number of benzene rings is 1. The molecule has 1 aliphatic heterocycles. The molecule has 29 heavy (non-hydrogen) atoms. The molecule has 0 radical (unpaired) electrons. The fourth-order valence-electron chi connectivity index (χ4n) is 3.10. The molecule has 0 unspecified atom stereocenters. The topological polar surface area (TPSA) is 133 Å². The fourth-order valence-corrected chi connectivity index (χ4v) is 4.62. The van der Waals surface area contributed by atoms with Gasteiger partial charge in [-0.3, -0.25) is 15.1 Å². The van der Waals surface area contributed by atoms with Crippen molar-refractivity contribution in [2.75, 3.05) is 18.8 Å². The number of nitrogens with zero attached hydrogens (tertiary/aromatic N) is 4. The predicted octanol–water partition coefficient (Wildman–Crippen LogP) is 2.57. The van der Waals surface area contributed by atoms with Crippen LogP contribution in [0.3, 0.4) is 0 Å². The highest BCUT2D eigenvalue weighted by molar-refractivity contribution is 7.91. The van der Waals surface area contributed by atoms with Crippen LogP contribution in [0.25, 0.3) is 11.0 Å². The summed E-state index contributed by atoms with van der Waals surface area (Å²) in [5, 5.41) is 10.7. The van der Waals surface area contributed by atoms with Crippen LogP contribution in [0.4, 0.5) is 10.5 Å². The van der Waals surface area contributed by atoms with Crippen LogP contribution in [0.1, 0.15) is 27.2 Å². The summed E-state index contributed by atoms with van der Waals surface area (Å²) in [7, 11) is -3.73.